The van der Waals surface area contributed by atoms with Gasteiger partial charge in [-0.15, -0.1) is 0 Å². The van der Waals surface area contributed by atoms with Gasteiger partial charge in [-0.05, 0) is 43.0 Å². The minimum Gasteiger partial charge on any atom is -0.481 e. The zero-order valence-electron chi connectivity index (χ0n) is 12.6. The summed E-state index contributed by atoms with van der Waals surface area (Å²) in [7, 11) is 0. The number of rotatable bonds is 8. The topological polar surface area (TPSA) is 50.4 Å². The Labute approximate surface area is 125 Å². The average molecular weight is 294 g/mol. The molecule has 1 aromatic carbocycles. The summed E-state index contributed by atoms with van der Waals surface area (Å²) < 4.78 is 19.1. The predicted molar refractivity (Wildman–Crippen MR) is 79.6 cm³/mol. The van der Waals surface area contributed by atoms with E-state index in [0.717, 1.165) is 24.9 Å². The van der Waals surface area contributed by atoms with Crippen LogP contribution in [0, 0.1) is 11.7 Å². The Morgan fingerprint density at radius 2 is 2.19 bits per heavy atom. The first-order chi connectivity index (χ1) is 10.0. The Hall–Kier alpha value is -1.62. The number of ether oxygens (including phenoxy) is 1. The number of hydrogen-bond donors (Lipinski definition) is 2. The van der Waals surface area contributed by atoms with Crippen LogP contribution in [-0.4, -0.2) is 25.1 Å². The summed E-state index contributed by atoms with van der Waals surface area (Å²) in [6.07, 6.45) is 2.05. The molecule has 1 amide bonds. The minimum atomic E-state index is -0.432. The molecule has 0 bridgehead atoms. The van der Waals surface area contributed by atoms with E-state index in [9.17, 15) is 9.18 Å². The van der Waals surface area contributed by atoms with Crippen molar-refractivity contribution in [2.45, 2.75) is 39.3 Å². The largest absolute Gasteiger partial charge is 0.481 e. The summed E-state index contributed by atoms with van der Waals surface area (Å²) in [4.78, 5) is 11.5. The summed E-state index contributed by atoms with van der Waals surface area (Å²) >= 11 is 0. The Morgan fingerprint density at radius 3 is 2.81 bits per heavy atom. The van der Waals surface area contributed by atoms with Crippen molar-refractivity contribution in [1.82, 2.24) is 10.6 Å². The second-order valence-electron chi connectivity index (χ2n) is 5.92. The molecular formula is C16H23FN2O2. The SMILES string of the molecule is CC(C)CNCc1ccc(OCC(=O)NC2CC2)c(F)c1. The molecule has 5 heteroatoms. The van der Waals surface area contributed by atoms with Crippen LogP contribution in [0.4, 0.5) is 4.39 Å². The normalized spacial score (nSPS) is 14.3. The standard InChI is InChI=1S/C16H23FN2O2/c1-11(2)8-18-9-12-3-6-15(14(17)7-12)21-10-16(20)19-13-4-5-13/h3,6-7,11,13,18H,4-5,8-10H2,1-2H3,(H,19,20). The van der Waals surface area contributed by atoms with E-state index in [4.69, 9.17) is 4.74 Å². The number of nitrogens with one attached hydrogen (secondary N) is 2. The van der Waals surface area contributed by atoms with Crippen LogP contribution in [0.15, 0.2) is 18.2 Å². The molecule has 1 aliphatic rings. The molecule has 0 saturated heterocycles. The first-order valence-electron chi connectivity index (χ1n) is 7.46. The first kappa shape index (κ1) is 15.8. The minimum absolute atomic E-state index is 0.119. The van der Waals surface area contributed by atoms with E-state index in [0.29, 0.717) is 18.5 Å². The maximum absolute atomic E-state index is 13.9. The van der Waals surface area contributed by atoms with Crippen molar-refractivity contribution < 1.29 is 13.9 Å². The highest BCUT2D eigenvalue weighted by atomic mass is 19.1. The van der Waals surface area contributed by atoms with Crippen LogP contribution >= 0.6 is 0 Å². The number of carbonyl (C=O) groups excluding carboxylic acids is 1. The molecule has 116 valence electrons. The van der Waals surface area contributed by atoms with Gasteiger partial charge >= 0.3 is 0 Å². The molecule has 0 spiro atoms. The molecule has 1 fully saturated rings. The van der Waals surface area contributed by atoms with Gasteiger partial charge in [0, 0.05) is 12.6 Å². The molecule has 21 heavy (non-hydrogen) atoms. The number of halogens is 1. The van der Waals surface area contributed by atoms with Crippen LogP contribution in [0.5, 0.6) is 5.75 Å². The fraction of sp³-hybridized carbons (Fsp3) is 0.562. The van der Waals surface area contributed by atoms with Gasteiger partial charge in [-0.25, -0.2) is 4.39 Å². The number of carbonyl (C=O) groups is 1. The van der Waals surface area contributed by atoms with Crippen LogP contribution in [0.3, 0.4) is 0 Å². The lowest BCUT2D eigenvalue weighted by molar-refractivity contribution is -0.123. The van der Waals surface area contributed by atoms with E-state index in [1.807, 2.05) is 6.07 Å². The number of amides is 1. The van der Waals surface area contributed by atoms with Gasteiger partial charge in [0.25, 0.3) is 5.91 Å². The number of benzene rings is 1. The molecule has 0 aliphatic heterocycles. The third-order valence-electron chi connectivity index (χ3n) is 3.18. The average Bonchev–Trinajstić information content (AvgIpc) is 3.21. The monoisotopic (exact) mass is 294 g/mol. The molecule has 1 aliphatic carbocycles. The van der Waals surface area contributed by atoms with Crippen molar-refractivity contribution in [1.29, 1.82) is 0 Å². The third kappa shape index (κ3) is 5.71. The molecule has 1 aromatic rings. The van der Waals surface area contributed by atoms with Gasteiger partial charge in [0.1, 0.15) is 0 Å². The van der Waals surface area contributed by atoms with Gasteiger partial charge in [0.2, 0.25) is 0 Å². The lowest BCUT2D eigenvalue weighted by Crippen LogP contribution is -2.30. The molecule has 2 rings (SSSR count). The summed E-state index contributed by atoms with van der Waals surface area (Å²) in [6.45, 7) is 5.62. The van der Waals surface area contributed by atoms with E-state index in [1.54, 1.807) is 6.07 Å². The van der Waals surface area contributed by atoms with Crippen molar-refractivity contribution in [3.8, 4) is 5.75 Å². The molecule has 0 aromatic heterocycles. The molecule has 0 heterocycles. The van der Waals surface area contributed by atoms with Crippen molar-refractivity contribution in [2.75, 3.05) is 13.2 Å². The van der Waals surface area contributed by atoms with Gasteiger partial charge < -0.3 is 15.4 Å². The number of hydrogen-bond acceptors (Lipinski definition) is 3. The molecule has 0 atom stereocenters. The van der Waals surface area contributed by atoms with E-state index in [1.165, 1.54) is 6.07 Å². The first-order valence-corrected chi connectivity index (χ1v) is 7.46. The Morgan fingerprint density at radius 1 is 1.43 bits per heavy atom. The van der Waals surface area contributed by atoms with Gasteiger partial charge in [0.15, 0.2) is 18.2 Å². The Kier molecular flexibility index (Phi) is 5.56. The zero-order valence-corrected chi connectivity index (χ0v) is 12.6. The summed E-state index contributed by atoms with van der Waals surface area (Å²) in [5.74, 6) is 0.0497. The fourth-order valence-electron chi connectivity index (χ4n) is 1.92. The van der Waals surface area contributed by atoms with Gasteiger partial charge in [-0.3, -0.25) is 4.79 Å². The van der Waals surface area contributed by atoms with Crippen LogP contribution in [0.2, 0.25) is 0 Å². The van der Waals surface area contributed by atoms with Crippen LogP contribution < -0.4 is 15.4 Å². The zero-order chi connectivity index (χ0) is 15.2. The van der Waals surface area contributed by atoms with E-state index in [2.05, 4.69) is 24.5 Å². The van der Waals surface area contributed by atoms with Gasteiger partial charge in [-0.1, -0.05) is 19.9 Å². The lowest BCUT2D eigenvalue weighted by Gasteiger charge is -2.10. The maximum Gasteiger partial charge on any atom is 0.258 e. The van der Waals surface area contributed by atoms with Gasteiger partial charge in [-0.2, -0.15) is 0 Å². The smallest absolute Gasteiger partial charge is 0.258 e. The second kappa shape index (κ2) is 7.41. The quantitative estimate of drug-likeness (QED) is 0.773. The van der Waals surface area contributed by atoms with Crippen molar-refractivity contribution in [3.63, 3.8) is 0 Å². The van der Waals surface area contributed by atoms with E-state index in [-0.39, 0.29) is 18.3 Å². The highest BCUT2D eigenvalue weighted by Crippen LogP contribution is 2.20. The molecule has 1 saturated carbocycles. The van der Waals surface area contributed by atoms with Crippen LogP contribution in [0.25, 0.3) is 0 Å². The fourth-order valence-corrected chi connectivity index (χ4v) is 1.92. The van der Waals surface area contributed by atoms with Crippen molar-refractivity contribution in [3.05, 3.63) is 29.6 Å². The Balaban J connectivity index is 1.79. The molecule has 0 radical (unpaired) electrons. The predicted octanol–water partition coefficient (Wildman–Crippen LogP) is 2.23. The highest BCUT2D eigenvalue weighted by Gasteiger charge is 2.23. The molecular weight excluding hydrogens is 271 g/mol. The molecule has 0 unspecified atom stereocenters. The summed E-state index contributed by atoms with van der Waals surface area (Å²) in [5, 5.41) is 6.05. The summed E-state index contributed by atoms with van der Waals surface area (Å²) in [6, 6.07) is 5.12. The second-order valence-corrected chi connectivity index (χ2v) is 5.92. The van der Waals surface area contributed by atoms with E-state index >= 15 is 0 Å². The third-order valence-corrected chi connectivity index (χ3v) is 3.18. The van der Waals surface area contributed by atoms with Crippen LogP contribution in [-0.2, 0) is 11.3 Å². The lowest BCUT2D eigenvalue weighted by atomic mass is 10.2. The Bertz CT molecular complexity index is 487. The van der Waals surface area contributed by atoms with E-state index < -0.39 is 5.82 Å². The van der Waals surface area contributed by atoms with Crippen LogP contribution in [0.1, 0.15) is 32.3 Å². The van der Waals surface area contributed by atoms with Crippen molar-refractivity contribution in [2.24, 2.45) is 5.92 Å². The highest BCUT2D eigenvalue weighted by molar-refractivity contribution is 5.78. The van der Waals surface area contributed by atoms with Gasteiger partial charge in [0.05, 0.1) is 0 Å². The van der Waals surface area contributed by atoms with Crippen molar-refractivity contribution >= 4 is 5.91 Å². The maximum atomic E-state index is 13.9. The molecule has 4 nitrogen and oxygen atoms in total. The summed E-state index contributed by atoms with van der Waals surface area (Å²) in [5.41, 5.74) is 0.864. The molecule has 2 N–H and O–H groups in total.